The van der Waals surface area contributed by atoms with Crippen LogP contribution in [0.5, 0.6) is 0 Å². The number of nitro benzene ring substituents is 1. The zero-order valence-corrected chi connectivity index (χ0v) is 15.9. The molecule has 152 valence electrons. The molecule has 0 bridgehead atoms. The van der Waals surface area contributed by atoms with Gasteiger partial charge >= 0.3 is 5.97 Å². The molecule has 0 N–H and O–H groups in total. The van der Waals surface area contributed by atoms with Crippen LogP contribution in [0.1, 0.15) is 28.8 Å². The third-order valence-electron chi connectivity index (χ3n) is 5.39. The molecule has 2 aliphatic rings. The quantitative estimate of drug-likeness (QED) is 0.248. The highest BCUT2D eigenvalue weighted by Gasteiger charge is 2.47. The third kappa shape index (κ3) is 3.59. The molecule has 2 amide bonds. The zero-order valence-electron chi connectivity index (χ0n) is 15.9. The highest BCUT2D eigenvalue weighted by Crippen LogP contribution is 2.37. The van der Waals surface area contributed by atoms with E-state index in [-0.39, 0.29) is 41.5 Å². The highest BCUT2D eigenvalue weighted by atomic mass is 16.6. The number of imide groups is 1. The van der Waals surface area contributed by atoms with Crippen LogP contribution in [0.4, 0.5) is 11.4 Å². The predicted molar refractivity (Wildman–Crippen MR) is 107 cm³/mol. The van der Waals surface area contributed by atoms with E-state index >= 15 is 0 Å². The Labute approximate surface area is 171 Å². The van der Waals surface area contributed by atoms with Crippen molar-refractivity contribution in [2.45, 2.75) is 19.4 Å². The molecular formula is C22H18N2O6. The summed E-state index contributed by atoms with van der Waals surface area (Å²) in [6.45, 7) is -0.0297. The molecule has 1 saturated heterocycles. The maximum atomic E-state index is 12.6. The van der Waals surface area contributed by atoms with Gasteiger partial charge in [0.25, 0.3) is 5.69 Å². The fourth-order valence-electron chi connectivity index (χ4n) is 3.75. The summed E-state index contributed by atoms with van der Waals surface area (Å²) in [5, 5.41) is 10.7. The van der Waals surface area contributed by atoms with Crippen LogP contribution in [0.25, 0.3) is 0 Å². The van der Waals surface area contributed by atoms with Crippen molar-refractivity contribution in [2.24, 2.45) is 11.8 Å². The molecule has 2 atom stereocenters. The van der Waals surface area contributed by atoms with Gasteiger partial charge in [0.2, 0.25) is 11.8 Å². The van der Waals surface area contributed by atoms with E-state index in [0.29, 0.717) is 24.1 Å². The third-order valence-corrected chi connectivity index (χ3v) is 5.39. The predicted octanol–water partition coefficient (Wildman–Crippen LogP) is 3.41. The Morgan fingerprint density at radius 2 is 1.53 bits per heavy atom. The van der Waals surface area contributed by atoms with E-state index in [4.69, 9.17) is 4.74 Å². The SMILES string of the molecule is O=C(OCc1ccc([N+](=O)[O-])cc1)c1ccc(N2C(=O)[C@H]3CC=CC[C@@H]3C2=O)cc1. The van der Waals surface area contributed by atoms with Gasteiger partial charge in [-0.25, -0.2) is 4.79 Å². The molecule has 1 aliphatic heterocycles. The van der Waals surface area contributed by atoms with Crippen molar-refractivity contribution in [2.75, 3.05) is 4.90 Å². The lowest BCUT2D eigenvalue weighted by Gasteiger charge is -2.15. The number of hydrogen-bond donors (Lipinski definition) is 0. The molecule has 1 heterocycles. The maximum absolute atomic E-state index is 12.6. The largest absolute Gasteiger partial charge is 0.457 e. The second-order valence-corrected chi connectivity index (χ2v) is 7.21. The number of ether oxygens (including phenoxy) is 1. The minimum Gasteiger partial charge on any atom is -0.457 e. The van der Waals surface area contributed by atoms with E-state index in [1.165, 1.54) is 41.3 Å². The standard InChI is InChI=1S/C22H18N2O6/c25-20-18-3-1-2-4-19(18)21(26)23(20)16-11-7-15(8-12-16)22(27)30-13-14-5-9-17(10-6-14)24(28)29/h1-2,5-12,18-19H,3-4,13H2/t18-,19-/m0/s1. The van der Waals surface area contributed by atoms with Crippen molar-refractivity contribution in [1.82, 2.24) is 0 Å². The Balaban J connectivity index is 1.41. The van der Waals surface area contributed by atoms with Crippen molar-refractivity contribution in [3.8, 4) is 0 Å². The molecular weight excluding hydrogens is 388 g/mol. The Morgan fingerprint density at radius 3 is 2.07 bits per heavy atom. The van der Waals surface area contributed by atoms with Gasteiger partial charge in [-0.05, 0) is 54.8 Å². The lowest BCUT2D eigenvalue weighted by molar-refractivity contribution is -0.384. The Morgan fingerprint density at radius 1 is 0.967 bits per heavy atom. The summed E-state index contributed by atoms with van der Waals surface area (Å²) >= 11 is 0. The molecule has 1 aliphatic carbocycles. The van der Waals surface area contributed by atoms with Gasteiger partial charge in [-0.3, -0.25) is 24.6 Å². The Bertz CT molecular complexity index is 1020. The molecule has 0 radical (unpaired) electrons. The summed E-state index contributed by atoms with van der Waals surface area (Å²) < 4.78 is 5.23. The van der Waals surface area contributed by atoms with Crippen LogP contribution >= 0.6 is 0 Å². The maximum Gasteiger partial charge on any atom is 0.338 e. The number of carbonyl (C=O) groups is 3. The van der Waals surface area contributed by atoms with E-state index in [2.05, 4.69) is 0 Å². The summed E-state index contributed by atoms with van der Waals surface area (Å²) in [5.41, 5.74) is 1.29. The molecule has 30 heavy (non-hydrogen) atoms. The van der Waals surface area contributed by atoms with Gasteiger partial charge in [0.15, 0.2) is 0 Å². The first-order chi connectivity index (χ1) is 14.5. The van der Waals surface area contributed by atoms with Gasteiger partial charge < -0.3 is 4.74 Å². The summed E-state index contributed by atoms with van der Waals surface area (Å²) in [6.07, 6.45) is 5.00. The first-order valence-electron chi connectivity index (χ1n) is 9.49. The molecule has 8 heteroatoms. The monoisotopic (exact) mass is 406 g/mol. The van der Waals surface area contributed by atoms with E-state index in [1.807, 2.05) is 12.2 Å². The summed E-state index contributed by atoms with van der Waals surface area (Å²) in [5.74, 6) is -1.61. The minimum atomic E-state index is -0.572. The van der Waals surface area contributed by atoms with Crippen LogP contribution in [0.15, 0.2) is 60.7 Å². The molecule has 4 rings (SSSR count). The molecule has 0 aromatic heterocycles. The number of non-ortho nitro benzene ring substituents is 1. The first kappa shape index (κ1) is 19.5. The lowest BCUT2D eigenvalue weighted by Crippen LogP contribution is -2.30. The van der Waals surface area contributed by atoms with Gasteiger partial charge in [-0.2, -0.15) is 0 Å². The molecule has 2 aromatic rings. The van der Waals surface area contributed by atoms with Crippen LogP contribution in [0.2, 0.25) is 0 Å². The molecule has 8 nitrogen and oxygen atoms in total. The molecule has 1 fully saturated rings. The highest BCUT2D eigenvalue weighted by molar-refractivity contribution is 6.22. The fourth-order valence-corrected chi connectivity index (χ4v) is 3.75. The number of carbonyl (C=O) groups excluding carboxylic acids is 3. The summed E-state index contributed by atoms with van der Waals surface area (Å²) in [4.78, 5) is 48.9. The smallest absolute Gasteiger partial charge is 0.338 e. The van der Waals surface area contributed by atoms with E-state index < -0.39 is 10.9 Å². The number of allylic oxidation sites excluding steroid dienone is 2. The number of anilines is 1. The second kappa shape index (κ2) is 7.90. The van der Waals surface area contributed by atoms with E-state index in [9.17, 15) is 24.5 Å². The number of esters is 1. The van der Waals surface area contributed by atoms with E-state index in [0.717, 1.165) is 0 Å². The average Bonchev–Trinajstić information content (AvgIpc) is 3.03. The van der Waals surface area contributed by atoms with E-state index in [1.54, 1.807) is 12.1 Å². The molecule has 0 unspecified atom stereocenters. The van der Waals surface area contributed by atoms with Crippen molar-refractivity contribution < 1.29 is 24.0 Å². The molecule has 2 aromatic carbocycles. The lowest BCUT2D eigenvalue weighted by atomic mass is 9.85. The van der Waals surface area contributed by atoms with Gasteiger partial charge in [-0.15, -0.1) is 0 Å². The van der Waals surface area contributed by atoms with Gasteiger partial charge in [0.1, 0.15) is 6.61 Å². The van der Waals surface area contributed by atoms with Crippen LogP contribution in [0.3, 0.4) is 0 Å². The Kier molecular flexibility index (Phi) is 5.14. The number of hydrogen-bond acceptors (Lipinski definition) is 6. The fraction of sp³-hybridized carbons (Fsp3) is 0.227. The number of benzene rings is 2. The van der Waals surface area contributed by atoms with Gasteiger partial charge in [0, 0.05) is 12.1 Å². The van der Waals surface area contributed by atoms with Crippen LogP contribution in [0, 0.1) is 22.0 Å². The number of nitrogens with zero attached hydrogens (tertiary/aromatic N) is 2. The first-order valence-corrected chi connectivity index (χ1v) is 9.49. The number of nitro groups is 1. The van der Waals surface area contributed by atoms with Crippen molar-refractivity contribution in [1.29, 1.82) is 0 Å². The topological polar surface area (TPSA) is 107 Å². The van der Waals surface area contributed by atoms with Gasteiger partial charge in [-0.1, -0.05) is 12.2 Å². The van der Waals surface area contributed by atoms with Crippen molar-refractivity contribution in [3.05, 3.63) is 81.9 Å². The molecule has 0 spiro atoms. The number of amides is 2. The number of rotatable bonds is 5. The van der Waals surface area contributed by atoms with Crippen LogP contribution in [-0.2, 0) is 20.9 Å². The molecule has 0 saturated carbocycles. The average molecular weight is 406 g/mol. The normalized spacial score (nSPS) is 20.2. The second-order valence-electron chi connectivity index (χ2n) is 7.21. The van der Waals surface area contributed by atoms with Crippen LogP contribution < -0.4 is 4.90 Å². The summed E-state index contributed by atoms with van der Waals surface area (Å²) in [7, 11) is 0. The summed E-state index contributed by atoms with van der Waals surface area (Å²) in [6, 6.07) is 11.9. The minimum absolute atomic E-state index is 0.0297. The van der Waals surface area contributed by atoms with Gasteiger partial charge in [0.05, 0.1) is 28.0 Å². The zero-order chi connectivity index (χ0) is 21.3. The number of fused-ring (bicyclic) bond motifs is 1. The van der Waals surface area contributed by atoms with Crippen molar-refractivity contribution >= 4 is 29.2 Å². The Hall–Kier alpha value is -3.81. The van der Waals surface area contributed by atoms with Crippen molar-refractivity contribution in [3.63, 3.8) is 0 Å². The van der Waals surface area contributed by atoms with Crippen LogP contribution in [-0.4, -0.2) is 22.7 Å².